The molecule has 0 heterocycles. The molecule has 14 heavy (non-hydrogen) atoms. The molecule has 0 amide bonds. The Morgan fingerprint density at radius 1 is 1.29 bits per heavy atom. The van der Waals surface area contributed by atoms with Crippen molar-refractivity contribution in [3.63, 3.8) is 0 Å². The van der Waals surface area contributed by atoms with E-state index in [0.717, 1.165) is 19.3 Å². The van der Waals surface area contributed by atoms with Crippen LogP contribution in [0.4, 0.5) is 0 Å². The highest BCUT2D eigenvalue weighted by Gasteiger charge is 2.62. The van der Waals surface area contributed by atoms with Crippen LogP contribution < -0.4 is 0 Å². The minimum absolute atomic E-state index is 0.0612. The third kappa shape index (κ3) is 0.938. The molecule has 2 saturated carbocycles. The molecule has 4 atom stereocenters. The maximum atomic E-state index is 11.2. The van der Waals surface area contributed by atoms with Crippen LogP contribution in [0.25, 0.3) is 0 Å². The molecule has 0 aliphatic heterocycles. The molecule has 78 valence electrons. The lowest BCUT2D eigenvalue weighted by Crippen LogP contribution is -2.44. The van der Waals surface area contributed by atoms with Crippen molar-refractivity contribution in [3.05, 3.63) is 0 Å². The Balaban J connectivity index is 2.39. The average molecular weight is 198 g/mol. The van der Waals surface area contributed by atoms with Gasteiger partial charge < -0.3 is 10.2 Å². The molecule has 2 unspecified atom stereocenters. The molecule has 2 aliphatic rings. The Bertz CT molecular complexity index is 298. The van der Waals surface area contributed by atoms with Crippen molar-refractivity contribution in [2.24, 2.45) is 23.2 Å². The maximum absolute atomic E-state index is 11.2. The van der Waals surface area contributed by atoms with Crippen molar-refractivity contribution < 1.29 is 19.8 Å². The van der Waals surface area contributed by atoms with Crippen molar-refractivity contribution in [2.45, 2.75) is 26.2 Å². The van der Waals surface area contributed by atoms with Crippen LogP contribution >= 0.6 is 0 Å². The van der Waals surface area contributed by atoms with Gasteiger partial charge in [0.1, 0.15) is 0 Å². The molecule has 0 aromatic heterocycles. The predicted octanol–water partition coefficient (Wildman–Crippen LogP) is 1.21. The fraction of sp³-hybridized carbons (Fsp3) is 0.800. The van der Waals surface area contributed by atoms with Gasteiger partial charge in [-0.25, -0.2) is 0 Å². The lowest BCUT2D eigenvalue weighted by atomic mass is 9.67. The van der Waals surface area contributed by atoms with Gasteiger partial charge in [-0.1, -0.05) is 0 Å². The molecule has 2 bridgehead atoms. The summed E-state index contributed by atoms with van der Waals surface area (Å²) in [6, 6.07) is 0. The highest BCUT2D eigenvalue weighted by atomic mass is 16.4. The summed E-state index contributed by atoms with van der Waals surface area (Å²) >= 11 is 0. The summed E-state index contributed by atoms with van der Waals surface area (Å²) in [5, 5.41) is 18.2. The van der Waals surface area contributed by atoms with Crippen molar-refractivity contribution in [3.8, 4) is 0 Å². The van der Waals surface area contributed by atoms with Gasteiger partial charge >= 0.3 is 11.9 Å². The maximum Gasteiger partial charge on any atom is 0.310 e. The molecule has 0 radical (unpaired) electrons. The molecule has 0 spiro atoms. The number of hydrogen-bond donors (Lipinski definition) is 2. The van der Waals surface area contributed by atoms with Crippen LogP contribution in [0.15, 0.2) is 0 Å². The second-order valence-electron chi connectivity index (χ2n) is 4.67. The lowest BCUT2D eigenvalue weighted by molar-refractivity contribution is -0.165. The summed E-state index contributed by atoms with van der Waals surface area (Å²) in [5.41, 5.74) is -1.03. The quantitative estimate of drug-likeness (QED) is 0.699. The van der Waals surface area contributed by atoms with Crippen molar-refractivity contribution >= 4 is 11.9 Å². The van der Waals surface area contributed by atoms with E-state index in [1.165, 1.54) is 0 Å². The standard InChI is InChI=1S/C10H14O4/c1-10(9(13)14)6-3-2-5(4-6)7(10)8(11)12/h5-7H,2-4H2,1H3,(H,11,12)(H,13,14)/t5?,6?,7-,10-/m1/s1. The monoisotopic (exact) mass is 198 g/mol. The first kappa shape index (κ1) is 9.49. The Kier molecular flexibility index (Phi) is 1.84. The Hall–Kier alpha value is -1.06. The molecule has 2 fully saturated rings. The first-order chi connectivity index (χ1) is 6.48. The zero-order valence-corrected chi connectivity index (χ0v) is 8.06. The van der Waals surface area contributed by atoms with Gasteiger partial charge in [0.15, 0.2) is 0 Å². The lowest BCUT2D eigenvalue weighted by Gasteiger charge is -2.34. The van der Waals surface area contributed by atoms with Crippen LogP contribution in [0.3, 0.4) is 0 Å². The van der Waals surface area contributed by atoms with Gasteiger partial charge in [-0.3, -0.25) is 9.59 Å². The number of carboxylic acids is 2. The summed E-state index contributed by atoms with van der Waals surface area (Å²) in [4.78, 5) is 22.2. The fourth-order valence-electron chi connectivity index (χ4n) is 3.37. The van der Waals surface area contributed by atoms with Gasteiger partial charge in [-0.2, -0.15) is 0 Å². The zero-order chi connectivity index (χ0) is 10.5. The third-order valence-corrected chi connectivity index (χ3v) is 4.17. The number of carboxylic acid groups (broad SMARTS) is 2. The van der Waals surface area contributed by atoms with E-state index in [1.54, 1.807) is 6.92 Å². The number of aliphatic carboxylic acids is 2. The van der Waals surface area contributed by atoms with Crippen molar-refractivity contribution in [1.29, 1.82) is 0 Å². The largest absolute Gasteiger partial charge is 0.481 e. The minimum Gasteiger partial charge on any atom is -0.481 e. The molecule has 4 nitrogen and oxygen atoms in total. The highest BCUT2D eigenvalue weighted by molar-refractivity contribution is 5.84. The SMILES string of the molecule is C[C@@]1(C(=O)O)C2CCC(C2)[C@@H]1C(=O)O. The van der Waals surface area contributed by atoms with E-state index in [2.05, 4.69) is 0 Å². The number of fused-ring (bicyclic) bond motifs is 2. The molecule has 2 N–H and O–H groups in total. The van der Waals surface area contributed by atoms with E-state index in [4.69, 9.17) is 10.2 Å². The van der Waals surface area contributed by atoms with Crippen LogP contribution in [0.1, 0.15) is 26.2 Å². The predicted molar refractivity (Wildman–Crippen MR) is 47.7 cm³/mol. The first-order valence-corrected chi connectivity index (χ1v) is 4.94. The molecule has 0 aromatic carbocycles. The first-order valence-electron chi connectivity index (χ1n) is 4.94. The Morgan fingerprint density at radius 2 is 1.93 bits per heavy atom. The van der Waals surface area contributed by atoms with Crippen LogP contribution in [0.5, 0.6) is 0 Å². The van der Waals surface area contributed by atoms with Gasteiger partial charge in [-0.05, 0) is 38.0 Å². The normalized spacial score (nSPS) is 45.4. The fourth-order valence-corrected chi connectivity index (χ4v) is 3.37. The zero-order valence-electron chi connectivity index (χ0n) is 8.06. The second-order valence-corrected chi connectivity index (χ2v) is 4.67. The van der Waals surface area contributed by atoms with E-state index < -0.39 is 23.3 Å². The molecule has 2 rings (SSSR count). The summed E-state index contributed by atoms with van der Waals surface area (Å²) < 4.78 is 0. The van der Waals surface area contributed by atoms with Crippen LogP contribution in [-0.4, -0.2) is 22.2 Å². The molecule has 0 aromatic rings. The van der Waals surface area contributed by atoms with Gasteiger partial charge in [0.25, 0.3) is 0 Å². The Morgan fingerprint density at radius 3 is 2.36 bits per heavy atom. The molecule has 0 saturated heterocycles. The summed E-state index contributed by atoms with van der Waals surface area (Å²) in [7, 11) is 0. The van der Waals surface area contributed by atoms with Crippen molar-refractivity contribution in [2.75, 3.05) is 0 Å². The van der Waals surface area contributed by atoms with E-state index in [9.17, 15) is 9.59 Å². The molecular formula is C10H14O4. The van der Waals surface area contributed by atoms with E-state index in [1.807, 2.05) is 0 Å². The van der Waals surface area contributed by atoms with Gasteiger partial charge in [-0.15, -0.1) is 0 Å². The van der Waals surface area contributed by atoms with Gasteiger partial charge in [0.05, 0.1) is 11.3 Å². The smallest absolute Gasteiger partial charge is 0.310 e. The van der Waals surface area contributed by atoms with E-state index in [0.29, 0.717) is 0 Å². The summed E-state index contributed by atoms with van der Waals surface area (Å²) in [6.07, 6.45) is 2.53. The minimum atomic E-state index is -1.03. The third-order valence-electron chi connectivity index (χ3n) is 4.17. The number of rotatable bonds is 2. The highest BCUT2D eigenvalue weighted by Crippen LogP contribution is 2.59. The second kappa shape index (κ2) is 2.72. The average Bonchev–Trinajstić information content (AvgIpc) is 2.61. The van der Waals surface area contributed by atoms with Crippen LogP contribution in [-0.2, 0) is 9.59 Å². The summed E-state index contributed by atoms with van der Waals surface area (Å²) in [6.45, 7) is 1.60. The van der Waals surface area contributed by atoms with Crippen molar-refractivity contribution in [1.82, 2.24) is 0 Å². The molecule has 4 heteroatoms. The molecule has 2 aliphatic carbocycles. The van der Waals surface area contributed by atoms with E-state index >= 15 is 0 Å². The van der Waals surface area contributed by atoms with E-state index in [-0.39, 0.29) is 11.8 Å². The number of carbonyl (C=O) groups is 2. The van der Waals surface area contributed by atoms with Gasteiger partial charge in [0, 0.05) is 0 Å². The van der Waals surface area contributed by atoms with Crippen LogP contribution in [0, 0.1) is 23.2 Å². The summed E-state index contributed by atoms with van der Waals surface area (Å²) in [5.74, 6) is -2.43. The molecular weight excluding hydrogens is 184 g/mol. The number of hydrogen-bond acceptors (Lipinski definition) is 2. The van der Waals surface area contributed by atoms with Gasteiger partial charge in [0.2, 0.25) is 0 Å². The Labute approximate surface area is 81.9 Å². The topological polar surface area (TPSA) is 74.6 Å². The van der Waals surface area contributed by atoms with Crippen LogP contribution in [0.2, 0.25) is 0 Å².